The van der Waals surface area contributed by atoms with Crippen LogP contribution in [0.2, 0.25) is 0 Å². The van der Waals surface area contributed by atoms with Crippen LogP contribution in [0.4, 0.5) is 5.69 Å². The van der Waals surface area contributed by atoms with Crippen molar-refractivity contribution in [2.24, 2.45) is 35.5 Å². The fourth-order valence-electron chi connectivity index (χ4n) is 5.75. The number of nitrogens with zero attached hydrogens (tertiary/aromatic N) is 1. The van der Waals surface area contributed by atoms with Crippen molar-refractivity contribution in [3.8, 4) is 0 Å². The second-order valence-electron chi connectivity index (χ2n) is 8.66. The van der Waals surface area contributed by atoms with E-state index in [4.69, 9.17) is 4.74 Å². The molecule has 6 nitrogen and oxygen atoms in total. The SMILES string of the molecule is O=C(COC(=O)c1ccccc1N1C(=O)[C@@H]2[C@H]3C=C[C@@H]([C@@H]4C[C@@H]34)[C@H]2C1=O)c1cccs1. The van der Waals surface area contributed by atoms with Gasteiger partial charge in [0, 0.05) is 0 Å². The van der Waals surface area contributed by atoms with Gasteiger partial charge in [-0.3, -0.25) is 14.4 Å². The van der Waals surface area contributed by atoms with E-state index < -0.39 is 12.6 Å². The average Bonchev–Trinajstić information content (AvgIpc) is 3.36. The largest absolute Gasteiger partial charge is 0.454 e. The first-order valence-corrected chi connectivity index (χ1v) is 11.3. The Morgan fingerprint density at radius 3 is 2.29 bits per heavy atom. The van der Waals surface area contributed by atoms with Gasteiger partial charge in [0.1, 0.15) is 0 Å². The van der Waals surface area contributed by atoms with Crippen LogP contribution in [0.25, 0.3) is 0 Å². The van der Waals surface area contributed by atoms with Crippen LogP contribution in [-0.4, -0.2) is 30.2 Å². The van der Waals surface area contributed by atoms with Crippen LogP contribution in [0.15, 0.2) is 53.9 Å². The van der Waals surface area contributed by atoms with Crippen molar-refractivity contribution in [1.29, 1.82) is 0 Å². The van der Waals surface area contributed by atoms with E-state index in [9.17, 15) is 19.2 Å². The van der Waals surface area contributed by atoms with Crippen molar-refractivity contribution in [2.45, 2.75) is 6.42 Å². The van der Waals surface area contributed by atoms with Gasteiger partial charge in [0.15, 0.2) is 6.61 Å². The Hall–Kier alpha value is -3.06. The zero-order valence-electron chi connectivity index (χ0n) is 16.5. The molecule has 2 heterocycles. The van der Waals surface area contributed by atoms with Crippen LogP contribution in [0.3, 0.4) is 0 Å². The van der Waals surface area contributed by atoms with E-state index in [-0.39, 0.29) is 52.5 Å². The highest BCUT2D eigenvalue weighted by atomic mass is 32.1. The molecule has 1 aromatic heterocycles. The molecular formula is C24H19NO5S. The minimum Gasteiger partial charge on any atom is -0.454 e. The third kappa shape index (κ3) is 2.69. The summed E-state index contributed by atoms with van der Waals surface area (Å²) in [6, 6.07) is 9.90. The molecule has 2 bridgehead atoms. The molecule has 0 spiro atoms. The molecule has 5 aliphatic rings. The summed E-state index contributed by atoms with van der Waals surface area (Å²) in [7, 11) is 0. The lowest BCUT2D eigenvalue weighted by Gasteiger charge is -2.37. The van der Waals surface area contributed by atoms with Gasteiger partial charge in [-0.05, 0) is 53.7 Å². The summed E-state index contributed by atoms with van der Waals surface area (Å²) in [5.41, 5.74) is 0.362. The summed E-state index contributed by atoms with van der Waals surface area (Å²) in [5.74, 6) is -0.890. The van der Waals surface area contributed by atoms with Gasteiger partial charge in [0.25, 0.3) is 0 Å². The Morgan fingerprint density at radius 1 is 0.968 bits per heavy atom. The molecule has 1 aromatic carbocycles. The van der Waals surface area contributed by atoms with Gasteiger partial charge in [-0.25, -0.2) is 9.69 Å². The topological polar surface area (TPSA) is 80.8 Å². The second kappa shape index (κ2) is 6.72. The molecule has 156 valence electrons. The molecule has 0 unspecified atom stereocenters. The van der Waals surface area contributed by atoms with Gasteiger partial charge in [0.2, 0.25) is 17.6 Å². The summed E-state index contributed by atoms with van der Waals surface area (Å²) in [6.07, 6.45) is 5.33. The molecule has 1 aliphatic heterocycles. The standard InChI is InChI=1S/C24H19NO5S/c26-18(19-6-3-9-31-19)11-30-24(29)14-4-1-2-5-17(14)25-22(27)20-12-7-8-13(16-10-15(12)16)21(20)23(25)28/h1-9,12-13,15-16,20-21H,10-11H2/t12-,13-,15-,16-,20+,21+/m0/s1. The number of rotatable bonds is 5. The van der Waals surface area contributed by atoms with Gasteiger partial charge in [-0.1, -0.05) is 30.4 Å². The van der Waals surface area contributed by atoms with E-state index >= 15 is 0 Å². The maximum atomic E-state index is 13.4. The molecule has 3 fully saturated rings. The number of hydrogen-bond acceptors (Lipinski definition) is 6. The number of esters is 1. The van der Waals surface area contributed by atoms with Crippen LogP contribution < -0.4 is 4.90 Å². The van der Waals surface area contributed by atoms with Gasteiger partial charge < -0.3 is 4.74 Å². The van der Waals surface area contributed by atoms with Crippen LogP contribution in [0.1, 0.15) is 26.5 Å². The first-order valence-electron chi connectivity index (χ1n) is 10.5. The number of imide groups is 1. The van der Waals surface area contributed by atoms with E-state index in [2.05, 4.69) is 12.2 Å². The smallest absolute Gasteiger partial charge is 0.340 e. The van der Waals surface area contributed by atoms with E-state index in [0.29, 0.717) is 16.7 Å². The molecule has 7 heteroatoms. The number of allylic oxidation sites excluding steroid dienone is 2. The number of thiophene rings is 1. The number of benzene rings is 1. The molecule has 6 atom stereocenters. The number of anilines is 1. The maximum absolute atomic E-state index is 13.4. The molecule has 2 saturated carbocycles. The summed E-state index contributed by atoms with van der Waals surface area (Å²) in [5, 5.41) is 1.78. The molecule has 0 N–H and O–H groups in total. The lowest BCUT2D eigenvalue weighted by Crippen LogP contribution is -2.40. The average molecular weight is 433 g/mol. The minimum atomic E-state index is -0.722. The Balaban J connectivity index is 1.27. The molecular weight excluding hydrogens is 414 g/mol. The predicted molar refractivity (Wildman–Crippen MR) is 113 cm³/mol. The van der Waals surface area contributed by atoms with Crippen molar-refractivity contribution < 1.29 is 23.9 Å². The summed E-state index contributed by atoms with van der Waals surface area (Å²) < 4.78 is 5.24. The van der Waals surface area contributed by atoms with Crippen molar-refractivity contribution >= 4 is 40.6 Å². The molecule has 0 radical (unpaired) electrons. The van der Waals surface area contributed by atoms with Crippen LogP contribution >= 0.6 is 11.3 Å². The number of hydrogen-bond donors (Lipinski definition) is 0. The van der Waals surface area contributed by atoms with Gasteiger partial charge in [-0.2, -0.15) is 0 Å². The first-order chi connectivity index (χ1) is 15.1. The highest BCUT2D eigenvalue weighted by Crippen LogP contribution is 2.65. The predicted octanol–water partition coefficient (Wildman–Crippen LogP) is 3.35. The molecule has 4 aliphatic carbocycles. The highest BCUT2D eigenvalue weighted by molar-refractivity contribution is 7.12. The van der Waals surface area contributed by atoms with Crippen molar-refractivity contribution in [1.82, 2.24) is 0 Å². The van der Waals surface area contributed by atoms with Gasteiger partial charge in [-0.15, -0.1) is 11.3 Å². The Bertz CT molecular complexity index is 1120. The summed E-state index contributed by atoms with van der Waals surface area (Å²) >= 11 is 1.28. The highest BCUT2D eigenvalue weighted by Gasteiger charge is 2.67. The van der Waals surface area contributed by atoms with Crippen molar-refractivity contribution in [3.63, 3.8) is 0 Å². The Morgan fingerprint density at radius 2 is 1.65 bits per heavy atom. The molecule has 2 amide bonds. The Kier molecular flexibility index (Phi) is 4.05. The summed E-state index contributed by atoms with van der Waals surface area (Å²) in [4.78, 5) is 53.4. The molecule has 1 saturated heterocycles. The zero-order valence-corrected chi connectivity index (χ0v) is 17.3. The maximum Gasteiger partial charge on any atom is 0.340 e. The fourth-order valence-corrected chi connectivity index (χ4v) is 6.40. The van der Waals surface area contributed by atoms with Crippen molar-refractivity contribution in [3.05, 3.63) is 64.4 Å². The van der Waals surface area contributed by atoms with Gasteiger partial charge >= 0.3 is 5.97 Å². The number of Topliss-reactive ketones (excluding diaryl/α,β-unsaturated/α-hetero) is 1. The normalized spacial score (nSPS) is 32.1. The van der Waals surface area contributed by atoms with Crippen LogP contribution in [0, 0.1) is 35.5 Å². The molecule has 2 aromatic rings. The van der Waals surface area contributed by atoms with Crippen LogP contribution in [-0.2, 0) is 14.3 Å². The Labute approximate surface area is 182 Å². The van der Waals surface area contributed by atoms with E-state index in [1.807, 2.05) is 0 Å². The number of ketones is 1. The quantitative estimate of drug-likeness (QED) is 0.313. The van der Waals surface area contributed by atoms with Crippen molar-refractivity contribution in [2.75, 3.05) is 11.5 Å². The van der Waals surface area contributed by atoms with E-state index in [1.165, 1.54) is 22.3 Å². The lowest BCUT2D eigenvalue weighted by atomic mass is 9.63. The zero-order chi connectivity index (χ0) is 21.3. The number of amides is 2. The number of carbonyl (C=O) groups is 4. The lowest BCUT2D eigenvalue weighted by molar-refractivity contribution is -0.124. The van der Waals surface area contributed by atoms with E-state index in [0.717, 1.165) is 6.42 Å². The monoisotopic (exact) mass is 433 g/mol. The van der Waals surface area contributed by atoms with Gasteiger partial charge in [0.05, 0.1) is 28.0 Å². The third-order valence-corrected chi connectivity index (χ3v) is 8.07. The molecule has 7 rings (SSSR count). The number of para-hydroxylation sites is 1. The second-order valence-corrected chi connectivity index (χ2v) is 9.61. The minimum absolute atomic E-state index is 0.115. The third-order valence-electron chi connectivity index (χ3n) is 7.16. The summed E-state index contributed by atoms with van der Waals surface area (Å²) in [6.45, 7) is -0.391. The number of ether oxygens (including phenoxy) is 1. The molecule has 31 heavy (non-hydrogen) atoms. The first kappa shape index (κ1) is 18.7. The van der Waals surface area contributed by atoms with Crippen LogP contribution in [0.5, 0.6) is 0 Å². The fraction of sp³-hybridized carbons (Fsp3) is 0.333. The van der Waals surface area contributed by atoms with E-state index in [1.54, 1.807) is 35.7 Å². The number of carbonyl (C=O) groups excluding carboxylic acids is 4.